The fourth-order valence-corrected chi connectivity index (χ4v) is 1.64. The van der Waals surface area contributed by atoms with Crippen LogP contribution in [0.25, 0.3) is 5.65 Å². The summed E-state index contributed by atoms with van der Waals surface area (Å²) in [6, 6.07) is 5.44. The van der Waals surface area contributed by atoms with Gasteiger partial charge in [-0.3, -0.25) is 0 Å². The van der Waals surface area contributed by atoms with Crippen molar-refractivity contribution >= 4 is 17.4 Å². The highest BCUT2D eigenvalue weighted by molar-refractivity contribution is 5.41. The molecule has 0 aliphatic heterocycles. The minimum absolute atomic E-state index is 0.624. The average Bonchev–Trinajstić information content (AvgIpc) is 2.95. The summed E-state index contributed by atoms with van der Waals surface area (Å²) in [4.78, 5) is 8.16. The SMILES string of the molecule is c1cnc(NCCCNc2ccc3nnnn3n2)nc1. The van der Waals surface area contributed by atoms with E-state index in [9.17, 15) is 0 Å². The summed E-state index contributed by atoms with van der Waals surface area (Å²) in [5, 5.41) is 21.6. The zero-order valence-electron chi connectivity index (χ0n) is 10.6. The fourth-order valence-electron chi connectivity index (χ4n) is 1.64. The highest BCUT2D eigenvalue weighted by Gasteiger charge is 1.99. The van der Waals surface area contributed by atoms with Gasteiger partial charge in [-0.05, 0) is 35.0 Å². The normalized spacial score (nSPS) is 10.6. The number of nitrogens with one attached hydrogen (secondary N) is 2. The molecular weight excluding hydrogens is 258 g/mol. The Hall–Kier alpha value is -2.84. The molecule has 0 radical (unpaired) electrons. The largest absolute Gasteiger partial charge is 0.369 e. The molecule has 0 saturated carbocycles. The third kappa shape index (κ3) is 2.94. The zero-order chi connectivity index (χ0) is 13.6. The van der Waals surface area contributed by atoms with E-state index >= 15 is 0 Å². The van der Waals surface area contributed by atoms with E-state index in [1.54, 1.807) is 18.5 Å². The highest BCUT2D eigenvalue weighted by atomic mass is 15.6. The second-order valence-corrected chi connectivity index (χ2v) is 4.02. The molecule has 9 nitrogen and oxygen atoms in total. The van der Waals surface area contributed by atoms with E-state index in [-0.39, 0.29) is 0 Å². The summed E-state index contributed by atoms with van der Waals surface area (Å²) in [7, 11) is 0. The highest BCUT2D eigenvalue weighted by Crippen LogP contribution is 2.03. The number of nitrogens with zero attached hydrogens (tertiary/aromatic N) is 7. The van der Waals surface area contributed by atoms with Gasteiger partial charge in [0.05, 0.1) is 0 Å². The molecule has 0 amide bonds. The maximum absolute atomic E-state index is 4.22. The molecule has 0 bridgehead atoms. The van der Waals surface area contributed by atoms with Crippen LogP contribution in [0.1, 0.15) is 6.42 Å². The molecule has 3 aromatic rings. The van der Waals surface area contributed by atoms with E-state index in [4.69, 9.17) is 0 Å². The van der Waals surface area contributed by atoms with Crippen molar-refractivity contribution in [1.82, 2.24) is 35.2 Å². The molecule has 0 fully saturated rings. The Labute approximate surface area is 114 Å². The molecule has 0 aliphatic carbocycles. The number of tetrazole rings is 1. The first-order chi connectivity index (χ1) is 9.92. The molecule has 0 aliphatic rings. The van der Waals surface area contributed by atoms with E-state index in [1.807, 2.05) is 12.1 Å². The van der Waals surface area contributed by atoms with Crippen LogP contribution in [0.2, 0.25) is 0 Å². The number of aromatic nitrogens is 7. The first-order valence-electron chi connectivity index (χ1n) is 6.22. The molecule has 20 heavy (non-hydrogen) atoms. The Kier molecular flexibility index (Phi) is 3.58. The Morgan fingerprint density at radius 2 is 1.90 bits per heavy atom. The molecule has 3 aromatic heterocycles. The van der Waals surface area contributed by atoms with Gasteiger partial charge in [-0.25, -0.2) is 9.97 Å². The minimum atomic E-state index is 0.624. The summed E-state index contributed by atoms with van der Waals surface area (Å²) in [5.74, 6) is 1.38. The van der Waals surface area contributed by atoms with Gasteiger partial charge in [0.1, 0.15) is 5.82 Å². The minimum Gasteiger partial charge on any atom is -0.369 e. The number of hydrogen-bond donors (Lipinski definition) is 2. The van der Waals surface area contributed by atoms with Gasteiger partial charge in [0.2, 0.25) is 5.95 Å². The van der Waals surface area contributed by atoms with Crippen molar-refractivity contribution in [2.24, 2.45) is 0 Å². The lowest BCUT2D eigenvalue weighted by molar-refractivity contribution is 0.732. The van der Waals surface area contributed by atoms with E-state index in [0.717, 1.165) is 25.3 Å². The van der Waals surface area contributed by atoms with Crippen molar-refractivity contribution in [1.29, 1.82) is 0 Å². The average molecular weight is 271 g/mol. The fraction of sp³-hybridized carbons (Fsp3) is 0.273. The van der Waals surface area contributed by atoms with Crippen LogP contribution in [-0.4, -0.2) is 48.3 Å². The van der Waals surface area contributed by atoms with Gasteiger partial charge in [0.15, 0.2) is 5.65 Å². The van der Waals surface area contributed by atoms with Crippen LogP contribution in [0.5, 0.6) is 0 Å². The van der Waals surface area contributed by atoms with E-state index in [0.29, 0.717) is 11.6 Å². The summed E-state index contributed by atoms with van der Waals surface area (Å²) in [5.41, 5.74) is 0.624. The van der Waals surface area contributed by atoms with E-state index < -0.39 is 0 Å². The molecule has 102 valence electrons. The second-order valence-electron chi connectivity index (χ2n) is 4.02. The maximum atomic E-state index is 4.22. The first kappa shape index (κ1) is 12.2. The maximum Gasteiger partial charge on any atom is 0.222 e. The Morgan fingerprint density at radius 3 is 2.80 bits per heavy atom. The molecular formula is C11H13N9. The van der Waals surface area contributed by atoms with Crippen molar-refractivity contribution in [3.8, 4) is 0 Å². The molecule has 0 spiro atoms. The number of fused-ring (bicyclic) bond motifs is 1. The van der Waals surface area contributed by atoms with Crippen molar-refractivity contribution in [2.45, 2.75) is 6.42 Å². The van der Waals surface area contributed by atoms with E-state index in [1.165, 1.54) is 4.63 Å². The van der Waals surface area contributed by atoms with Crippen molar-refractivity contribution in [3.63, 3.8) is 0 Å². The lowest BCUT2D eigenvalue weighted by Crippen LogP contribution is -2.12. The third-order valence-electron chi connectivity index (χ3n) is 2.58. The Morgan fingerprint density at radius 1 is 1.05 bits per heavy atom. The molecule has 3 rings (SSSR count). The van der Waals surface area contributed by atoms with Gasteiger partial charge in [-0.15, -0.1) is 14.8 Å². The number of hydrogen-bond acceptors (Lipinski definition) is 8. The Balaban J connectivity index is 1.43. The van der Waals surface area contributed by atoms with Crippen LogP contribution < -0.4 is 10.6 Å². The first-order valence-corrected chi connectivity index (χ1v) is 6.22. The predicted molar refractivity (Wildman–Crippen MR) is 72.2 cm³/mol. The molecule has 0 unspecified atom stereocenters. The third-order valence-corrected chi connectivity index (χ3v) is 2.58. The van der Waals surface area contributed by atoms with Gasteiger partial charge in [-0.2, -0.15) is 0 Å². The van der Waals surface area contributed by atoms with Gasteiger partial charge in [0, 0.05) is 25.5 Å². The summed E-state index contributed by atoms with van der Waals surface area (Å²) in [6.07, 6.45) is 4.32. The monoisotopic (exact) mass is 271 g/mol. The quantitative estimate of drug-likeness (QED) is 0.613. The molecule has 0 saturated heterocycles. The molecule has 0 aromatic carbocycles. The lowest BCUT2D eigenvalue weighted by Gasteiger charge is -2.06. The van der Waals surface area contributed by atoms with Crippen LogP contribution >= 0.6 is 0 Å². The predicted octanol–water partition coefficient (Wildman–Crippen LogP) is 0.223. The van der Waals surface area contributed by atoms with E-state index in [2.05, 4.69) is 41.2 Å². The topological polar surface area (TPSA) is 106 Å². The molecule has 9 heteroatoms. The van der Waals surface area contributed by atoms with Gasteiger partial charge < -0.3 is 10.6 Å². The van der Waals surface area contributed by atoms with Crippen LogP contribution in [0.4, 0.5) is 11.8 Å². The Bertz CT molecular complexity index is 666. The second kappa shape index (κ2) is 5.87. The van der Waals surface area contributed by atoms with Gasteiger partial charge >= 0.3 is 0 Å². The molecule has 3 heterocycles. The smallest absolute Gasteiger partial charge is 0.222 e. The number of rotatable bonds is 6. The lowest BCUT2D eigenvalue weighted by atomic mass is 10.4. The van der Waals surface area contributed by atoms with Crippen LogP contribution in [-0.2, 0) is 0 Å². The summed E-state index contributed by atoms with van der Waals surface area (Å²) in [6.45, 7) is 1.56. The van der Waals surface area contributed by atoms with Gasteiger partial charge in [-0.1, -0.05) is 0 Å². The van der Waals surface area contributed by atoms with Crippen molar-refractivity contribution < 1.29 is 0 Å². The zero-order valence-corrected chi connectivity index (χ0v) is 10.6. The van der Waals surface area contributed by atoms with Gasteiger partial charge in [0.25, 0.3) is 0 Å². The molecule has 2 N–H and O–H groups in total. The number of anilines is 2. The van der Waals surface area contributed by atoms with Crippen LogP contribution in [0.15, 0.2) is 30.6 Å². The van der Waals surface area contributed by atoms with Crippen molar-refractivity contribution in [3.05, 3.63) is 30.6 Å². The standard InChI is InChI=1S/C11H13N9/c1(6-13-11-14-7-2-8-15-11)5-12-9-3-4-10-16-18-19-20(10)17-9/h2-4,7-8H,1,5-6H2,(H,12,17)(H,13,14,15). The van der Waals surface area contributed by atoms with Crippen molar-refractivity contribution in [2.75, 3.05) is 23.7 Å². The van der Waals surface area contributed by atoms with Crippen LogP contribution in [0.3, 0.4) is 0 Å². The molecule has 0 atom stereocenters. The van der Waals surface area contributed by atoms with Crippen LogP contribution in [0, 0.1) is 0 Å². The summed E-state index contributed by atoms with van der Waals surface area (Å²) < 4.78 is 1.39. The summed E-state index contributed by atoms with van der Waals surface area (Å²) >= 11 is 0.